The Morgan fingerprint density at radius 2 is 1.81 bits per heavy atom. The molecule has 0 fully saturated rings. The van der Waals surface area contributed by atoms with Gasteiger partial charge in [0.25, 0.3) is 5.56 Å². The van der Waals surface area contributed by atoms with Gasteiger partial charge < -0.3 is 10.1 Å². The van der Waals surface area contributed by atoms with Gasteiger partial charge in [-0.25, -0.2) is 4.79 Å². The third-order valence-electron chi connectivity index (χ3n) is 4.22. The zero-order chi connectivity index (χ0) is 22.1. The number of unbranched alkanes of at least 4 members (excludes halogenated alkanes) is 1. The fourth-order valence-corrected chi connectivity index (χ4v) is 3.25. The summed E-state index contributed by atoms with van der Waals surface area (Å²) in [4.78, 5) is 39.5. The van der Waals surface area contributed by atoms with E-state index >= 15 is 0 Å². The summed E-state index contributed by atoms with van der Waals surface area (Å²) in [6, 6.07) is 15.6. The molecule has 9 heteroatoms. The number of anilines is 1. The van der Waals surface area contributed by atoms with Crippen LogP contribution in [0.1, 0.15) is 30.1 Å². The predicted octanol–water partition coefficient (Wildman–Crippen LogP) is 3.52. The molecule has 0 bridgehead atoms. The summed E-state index contributed by atoms with van der Waals surface area (Å²) in [7, 11) is 0. The second kappa shape index (κ2) is 11.1. The summed E-state index contributed by atoms with van der Waals surface area (Å²) in [5, 5.41) is 10.9. The lowest BCUT2D eigenvalue weighted by atomic mass is 10.2. The van der Waals surface area contributed by atoms with Crippen LogP contribution < -0.4 is 10.9 Å². The van der Waals surface area contributed by atoms with Gasteiger partial charge in [0.1, 0.15) is 0 Å². The molecule has 0 aliphatic carbocycles. The molecule has 0 aliphatic heterocycles. The van der Waals surface area contributed by atoms with Crippen molar-refractivity contribution >= 4 is 29.3 Å². The largest absolute Gasteiger partial charge is 0.462 e. The van der Waals surface area contributed by atoms with E-state index in [4.69, 9.17) is 4.74 Å². The fraction of sp³-hybridized carbons (Fsp3) is 0.227. The maximum absolute atomic E-state index is 12.4. The third kappa shape index (κ3) is 6.26. The Hall–Kier alpha value is -3.46. The number of para-hydroxylation sites is 1. The highest BCUT2D eigenvalue weighted by Gasteiger charge is 2.15. The second-order valence-electron chi connectivity index (χ2n) is 6.55. The molecule has 8 nitrogen and oxygen atoms in total. The van der Waals surface area contributed by atoms with Crippen molar-refractivity contribution in [1.29, 1.82) is 0 Å². The van der Waals surface area contributed by atoms with Gasteiger partial charge in [-0.2, -0.15) is 0 Å². The Balaban J connectivity index is 1.60. The minimum Gasteiger partial charge on any atom is -0.462 e. The van der Waals surface area contributed by atoms with Crippen molar-refractivity contribution < 1.29 is 14.3 Å². The average Bonchev–Trinajstić information content (AvgIpc) is 2.79. The number of carbonyl (C=O) groups excluding carboxylic acids is 2. The van der Waals surface area contributed by atoms with Crippen LogP contribution in [0.5, 0.6) is 0 Å². The van der Waals surface area contributed by atoms with E-state index in [1.807, 2.05) is 13.0 Å². The highest BCUT2D eigenvalue weighted by atomic mass is 32.2. The molecular weight excluding hydrogens is 416 g/mol. The molecule has 0 spiro atoms. The lowest BCUT2D eigenvalue weighted by Gasteiger charge is -2.10. The first kappa shape index (κ1) is 22.2. The molecule has 3 aromatic rings. The Kier molecular flexibility index (Phi) is 7.94. The number of hydrogen-bond acceptors (Lipinski definition) is 7. The summed E-state index contributed by atoms with van der Waals surface area (Å²) in [5.74, 6) is -0.855. The summed E-state index contributed by atoms with van der Waals surface area (Å²) in [5.41, 5.74) is 1.15. The lowest BCUT2D eigenvalue weighted by molar-refractivity contribution is -0.113. The van der Waals surface area contributed by atoms with Gasteiger partial charge in [0.05, 0.1) is 23.6 Å². The van der Waals surface area contributed by atoms with Crippen molar-refractivity contribution in [3.8, 4) is 11.3 Å². The van der Waals surface area contributed by atoms with Gasteiger partial charge in [-0.3, -0.25) is 14.6 Å². The number of nitrogens with zero attached hydrogens (tertiary/aromatic N) is 2. The number of esters is 1. The van der Waals surface area contributed by atoms with E-state index < -0.39 is 5.97 Å². The predicted molar refractivity (Wildman–Crippen MR) is 119 cm³/mol. The third-order valence-corrected chi connectivity index (χ3v) is 5.08. The molecule has 0 radical (unpaired) electrons. The van der Waals surface area contributed by atoms with Crippen molar-refractivity contribution in [1.82, 2.24) is 15.2 Å². The number of aromatic amines is 1. The number of hydrogen-bond donors (Lipinski definition) is 2. The molecule has 1 heterocycles. The summed E-state index contributed by atoms with van der Waals surface area (Å²) in [6.45, 7) is 2.34. The molecule has 31 heavy (non-hydrogen) atoms. The number of benzene rings is 2. The SMILES string of the molecule is CCCCOC(=O)c1ccccc1NC(=O)CSc1nnc(-c2ccccc2)c(=O)[nH]1. The Morgan fingerprint density at radius 1 is 1.06 bits per heavy atom. The maximum atomic E-state index is 12.4. The molecule has 1 aromatic heterocycles. The van der Waals surface area contributed by atoms with Crippen LogP contribution in [0, 0.1) is 0 Å². The van der Waals surface area contributed by atoms with Gasteiger partial charge in [0.15, 0.2) is 10.9 Å². The first-order valence-electron chi connectivity index (χ1n) is 9.79. The Morgan fingerprint density at radius 3 is 2.55 bits per heavy atom. The number of ether oxygens (including phenoxy) is 1. The van der Waals surface area contributed by atoms with Gasteiger partial charge in [-0.1, -0.05) is 67.6 Å². The summed E-state index contributed by atoms with van der Waals surface area (Å²) >= 11 is 1.04. The first-order chi connectivity index (χ1) is 15.1. The standard InChI is InChI=1S/C22H22N4O4S/c1-2-3-13-30-21(29)16-11-7-8-12-17(16)23-18(27)14-31-22-24-20(28)19(25-26-22)15-9-5-4-6-10-15/h4-12H,2-3,13-14H2,1H3,(H,23,27)(H,24,26,28). The number of H-pyrrole nitrogens is 1. The zero-order valence-electron chi connectivity index (χ0n) is 17.0. The second-order valence-corrected chi connectivity index (χ2v) is 7.51. The van der Waals surface area contributed by atoms with Gasteiger partial charge >= 0.3 is 5.97 Å². The van der Waals surface area contributed by atoms with Crippen LogP contribution in [0.15, 0.2) is 64.5 Å². The topological polar surface area (TPSA) is 114 Å². The minimum absolute atomic E-state index is 0.0193. The Bertz CT molecular complexity index is 1100. The van der Waals surface area contributed by atoms with E-state index in [0.29, 0.717) is 17.9 Å². The number of nitrogens with one attached hydrogen (secondary N) is 2. The summed E-state index contributed by atoms with van der Waals surface area (Å²) in [6.07, 6.45) is 1.69. The van der Waals surface area contributed by atoms with Crippen LogP contribution >= 0.6 is 11.8 Å². The minimum atomic E-state index is -0.483. The van der Waals surface area contributed by atoms with Crippen molar-refractivity contribution in [2.45, 2.75) is 24.9 Å². The van der Waals surface area contributed by atoms with Crippen molar-refractivity contribution in [3.63, 3.8) is 0 Å². The fourth-order valence-electron chi connectivity index (χ4n) is 2.65. The first-order valence-corrected chi connectivity index (χ1v) is 10.8. The van der Waals surface area contributed by atoms with Crippen molar-refractivity contribution in [2.24, 2.45) is 0 Å². The van der Waals surface area contributed by atoms with E-state index in [-0.39, 0.29) is 33.6 Å². The van der Waals surface area contributed by atoms with E-state index in [9.17, 15) is 14.4 Å². The van der Waals surface area contributed by atoms with E-state index in [0.717, 1.165) is 24.6 Å². The Labute approximate surface area is 183 Å². The van der Waals surface area contributed by atoms with Gasteiger partial charge in [-0.15, -0.1) is 10.2 Å². The normalized spacial score (nSPS) is 10.5. The summed E-state index contributed by atoms with van der Waals surface area (Å²) < 4.78 is 5.23. The molecule has 2 N–H and O–H groups in total. The molecule has 160 valence electrons. The number of rotatable bonds is 9. The lowest BCUT2D eigenvalue weighted by Crippen LogP contribution is -2.19. The quantitative estimate of drug-likeness (QED) is 0.298. The highest BCUT2D eigenvalue weighted by Crippen LogP contribution is 2.18. The van der Waals surface area contributed by atoms with Crippen LogP contribution in [-0.2, 0) is 9.53 Å². The number of carbonyl (C=O) groups is 2. The molecule has 0 aliphatic rings. The molecular formula is C22H22N4O4S. The van der Waals surface area contributed by atoms with Gasteiger partial charge in [0.2, 0.25) is 5.91 Å². The van der Waals surface area contributed by atoms with Crippen molar-refractivity contribution in [3.05, 3.63) is 70.5 Å². The molecule has 2 aromatic carbocycles. The van der Waals surface area contributed by atoms with Gasteiger partial charge in [-0.05, 0) is 18.6 Å². The zero-order valence-corrected chi connectivity index (χ0v) is 17.8. The maximum Gasteiger partial charge on any atom is 0.340 e. The molecule has 3 rings (SSSR count). The van der Waals surface area contributed by atoms with E-state index in [1.165, 1.54) is 0 Å². The number of aromatic nitrogens is 3. The monoisotopic (exact) mass is 438 g/mol. The van der Waals surface area contributed by atoms with Crippen LogP contribution in [0.25, 0.3) is 11.3 Å². The number of amides is 1. The van der Waals surface area contributed by atoms with Gasteiger partial charge in [0, 0.05) is 5.56 Å². The van der Waals surface area contributed by atoms with Crippen molar-refractivity contribution in [2.75, 3.05) is 17.7 Å². The molecule has 1 amide bonds. The van der Waals surface area contributed by atoms with Crippen LogP contribution in [0.2, 0.25) is 0 Å². The number of thioether (sulfide) groups is 1. The van der Waals surface area contributed by atoms with E-state index in [2.05, 4.69) is 20.5 Å². The molecule has 0 unspecified atom stereocenters. The highest BCUT2D eigenvalue weighted by molar-refractivity contribution is 7.99. The van der Waals surface area contributed by atoms with E-state index in [1.54, 1.807) is 48.5 Å². The molecule has 0 saturated carbocycles. The average molecular weight is 439 g/mol. The van der Waals surface area contributed by atoms with Crippen LogP contribution in [0.3, 0.4) is 0 Å². The molecule has 0 atom stereocenters. The van der Waals surface area contributed by atoms with Crippen LogP contribution in [-0.4, -0.2) is 39.4 Å². The van der Waals surface area contributed by atoms with Crippen LogP contribution in [0.4, 0.5) is 5.69 Å². The molecule has 0 saturated heterocycles. The smallest absolute Gasteiger partial charge is 0.340 e.